The maximum absolute atomic E-state index is 9.05. The summed E-state index contributed by atoms with van der Waals surface area (Å²) in [7, 11) is 0. The third-order valence-corrected chi connectivity index (χ3v) is 1.93. The molecule has 9 heavy (non-hydrogen) atoms. The summed E-state index contributed by atoms with van der Waals surface area (Å²) in [5.41, 5.74) is 1.09. The molecule has 0 aromatic heterocycles. The van der Waals surface area contributed by atoms with Gasteiger partial charge in [-0.25, -0.2) is 0 Å². The number of hydrogen-bond acceptors (Lipinski definition) is 1. The molecule has 2 heteroatoms. The molecule has 0 fully saturated rings. The quantitative estimate of drug-likeness (QED) is 0.668. The topological polar surface area (TPSA) is 20.2 Å². The lowest BCUT2D eigenvalue weighted by Gasteiger charge is -2.03. The minimum absolute atomic E-state index is 0.295. The molecular formula is C7H9BrO. The molecule has 0 heterocycles. The Labute approximate surface area is 63.2 Å². The summed E-state index contributed by atoms with van der Waals surface area (Å²) in [6.07, 6.45) is 4.50. The molecule has 1 nitrogen and oxygen atoms in total. The van der Waals surface area contributed by atoms with Gasteiger partial charge in [0.1, 0.15) is 0 Å². The Bertz CT molecular complexity index is 168. The summed E-state index contributed by atoms with van der Waals surface area (Å²) in [4.78, 5) is 0. The van der Waals surface area contributed by atoms with E-state index >= 15 is 0 Å². The lowest BCUT2D eigenvalue weighted by Crippen LogP contribution is -2.01. The summed E-state index contributed by atoms with van der Waals surface area (Å²) >= 11 is 3.34. The monoisotopic (exact) mass is 188 g/mol. The summed E-state index contributed by atoms with van der Waals surface area (Å²) in [5, 5.41) is 9.05. The van der Waals surface area contributed by atoms with Crippen LogP contribution in [0, 0.1) is 0 Å². The Morgan fingerprint density at radius 1 is 1.67 bits per heavy atom. The maximum Gasteiger partial charge on any atom is 0.0728 e. The molecule has 1 N–H and O–H groups in total. The molecule has 0 aliphatic heterocycles. The average molecular weight is 189 g/mol. The molecule has 0 radical (unpaired) electrons. The van der Waals surface area contributed by atoms with Crippen molar-refractivity contribution >= 4 is 15.9 Å². The third-order valence-electron chi connectivity index (χ3n) is 1.39. The zero-order valence-electron chi connectivity index (χ0n) is 5.26. The van der Waals surface area contributed by atoms with E-state index in [9.17, 15) is 0 Å². The van der Waals surface area contributed by atoms with Crippen LogP contribution in [-0.4, -0.2) is 11.2 Å². The molecule has 1 aliphatic rings. The highest BCUT2D eigenvalue weighted by atomic mass is 79.9. The summed E-state index contributed by atoms with van der Waals surface area (Å²) in [5.74, 6) is 0. The van der Waals surface area contributed by atoms with E-state index in [1.54, 1.807) is 6.92 Å². The van der Waals surface area contributed by atoms with E-state index in [1.165, 1.54) is 0 Å². The molecule has 1 unspecified atom stereocenters. The van der Waals surface area contributed by atoms with Crippen molar-refractivity contribution in [3.05, 3.63) is 22.2 Å². The van der Waals surface area contributed by atoms with Crippen LogP contribution in [0.1, 0.15) is 13.3 Å². The minimum Gasteiger partial charge on any atom is -0.389 e. The molecular weight excluding hydrogens is 180 g/mol. The molecule has 0 bridgehead atoms. The zero-order valence-corrected chi connectivity index (χ0v) is 6.85. The Hall–Kier alpha value is -0.0800. The fourth-order valence-electron chi connectivity index (χ4n) is 0.797. The van der Waals surface area contributed by atoms with Crippen LogP contribution < -0.4 is 0 Å². The van der Waals surface area contributed by atoms with Gasteiger partial charge in [-0.15, -0.1) is 0 Å². The molecule has 1 atom stereocenters. The molecule has 0 aromatic rings. The van der Waals surface area contributed by atoms with E-state index in [-0.39, 0.29) is 6.10 Å². The number of hydrogen-bond donors (Lipinski definition) is 1. The number of rotatable bonds is 1. The van der Waals surface area contributed by atoms with E-state index < -0.39 is 0 Å². The lowest BCUT2D eigenvalue weighted by molar-refractivity contribution is 0.229. The normalized spacial score (nSPS) is 21.2. The van der Waals surface area contributed by atoms with Crippen LogP contribution in [0.3, 0.4) is 0 Å². The van der Waals surface area contributed by atoms with E-state index in [2.05, 4.69) is 15.9 Å². The summed E-state index contributed by atoms with van der Waals surface area (Å²) in [6, 6.07) is 0. The van der Waals surface area contributed by atoms with Crippen molar-refractivity contribution in [1.29, 1.82) is 0 Å². The van der Waals surface area contributed by atoms with Crippen LogP contribution in [-0.2, 0) is 0 Å². The van der Waals surface area contributed by atoms with Gasteiger partial charge in [0.25, 0.3) is 0 Å². The van der Waals surface area contributed by atoms with Gasteiger partial charge in [-0.1, -0.05) is 28.1 Å². The third kappa shape index (κ3) is 1.66. The first-order chi connectivity index (χ1) is 4.20. The lowest BCUT2D eigenvalue weighted by atomic mass is 10.1. The highest BCUT2D eigenvalue weighted by Gasteiger charge is 2.09. The molecule has 0 aromatic carbocycles. The molecule has 0 amide bonds. The standard InChI is InChI=1S/C7H9BrO/c1-5(9)6-2-3-7(8)4-6/h2-3,5,9H,4H2,1H3. The maximum atomic E-state index is 9.05. The largest absolute Gasteiger partial charge is 0.389 e. The van der Waals surface area contributed by atoms with Crippen LogP contribution in [0.15, 0.2) is 22.2 Å². The first-order valence-corrected chi connectivity index (χ1v) is 3.72. The molecule has 1 aliphatic carbocycles. The van der Waals surface area contributed by atoms with Crippen molar-refractivity contribution in [2.75, 3.05) is 0 Å². The SMILES string of the molecule is CC(O)C1=CC=C(Br)C1. The second-order valence-electron chi connectivity index (χ2n) is 2.21. The van der Waals surface area contributed by atoms with Crippen LogP contribution in [0.5, 0.6) is 0 Å². The number of aliphatic hydroxyl groups excluding tert-OH is 1. The highest BCUT2D eigenvalue weighted by Crippen LogP contribution is 2.25. The van der Waals surface area contributed by atoms with Gasteiger partial charge in [-0.05, 0) is 17.0 Å². The van der Waals surface area contributed by atoms with Crippen molar-refractivity contribution in [2.45, 2.75) is 19.4 Å². The molecule has 0 spiro atoms. The van der Waals surface area contributed by atoms with Crippen LogP contribution in [0.2, 0.25) is 0 Å². The van der Waals surface area contributed by atoms with Gasteiger partial charge in [0, 0.05) is 6.42 Å². The Morgan fingerprint density at radius 2 is 2.33 bits per heavy atom. The predicted octanol–water partition coefficient (Wildman–Crippen LogP) is 1.98. The predicted molar refractivity (Wildman–Crippen MR) is 41.4 cm³/mol. The number of halogens is 1. The van der Waals surface area contributed by atoms with Gasteiger partial charge in [-0.2, -0.15) is 0 Å². The summed E-state index contributed by atoms with van der Waals surface area (Å²) in [6.45, 7) is 1.78. The Kier molecular flexibility index (Phi) is 2.09. The minimum atomic E-state index is -0.295. The van der Waals surface area contributed by atoms with Crippen molar-refractivity contribution in [3.63, 3.8) is 0 Å². The van der Waals surface area contributed by atoms with Crippen molar-refractivity contribution < 1.29 is 5.11 Å². The fourth-order valence-corrected chi connectivity index (χ4v) is 1.25. The van der Waals surface area contributed by atoms with Gasteiger partial charge in [0.05, 0.1) is 6.10 Å². The van der Waals surface area contributed by atoms with E-state index in [4.69, 9.17) is 5.11 Å². The molecule has 1 rings (SSSR count). The highest BCUT2D eigenvalue weighted by molar-refractivity contribution is 9.11. The first-order valence-electron chi connectivity index (χ1n) is 2.93. The van der Waals surface area contributed by atoms with E-state index in [0.29, 0.717) is 0 Å². The van der Waals surface area contributed by atoms with Crippen molar-refractivity contribution in [3.8, 4) is 0 Å². The van der Waals surface area contributed by atoms with Gasteiger partial charge in [0.2, 0.25) is 0 Å². The van der Waals surface area contributed by atoms with Crippen LogP contribution in [0.4, 0.5) is 0 Å². The zero-order chi connectivity index (χ0) is 6.85. The Balaban J connectivity index is 2.54. The molecule has 0 saturated carbocycles. The second-order valence-corrected chi connectivity index (χ2v) is 3.23. The molecule has 50 valence electrons. The van der Waals surface area contributed by atoms with Crippen LogP contribution in [0.25, 0.3) is 0 Å². The fraction of sp³-hybridized carbons (Fsp3) is 0.429. The average Bonchev–Trinajstić information content (AvgIpc) is 2.14. The second kappa shape index (κ2) is 2.67. The van der Waals surface area contributed by atoms with Gasteiger partial charge >= 0.3 is 0 Å². The van der Waals surface area contributed by atoms with Gasteiger partial charge < -0.3 is 5.11 Å². The smallest absolute Gasteiger partial charge is 0.0728 e. The van der Waals surface area contributed by atoms with Gasteiger partial charge in [0.15, 0.2) is 0 Å². The van der Waals surface area contributed by atoms with E-state index in [0.717, 1.165) is 16.5 Å². The number of aliphatic hydroxyl groups is 1. The van der Waals surface area contributed by atoms with Crippen molar-refractivity contribution in [1.82, 2.24) is 0 Å². The Morgan fingerprint density at radius 3 is 2.56 bits per heavy atom. The first kappa shape index (κ1) is 7.03. The van der Waals surface area contributed by atoms with Crippen LogP contribution >= 0.6 is 15.9 Å². The van der Waals surface area contributed by atoms with Crippen molar-refractivity contribution in [2.24, 2.45) is 0 Å². The van der Waals surface area contributed by atoms with E-state index in [1.807, 2.05) is 12.2 Å². The summed E-state index contributed by atoms with van der Waals surface area (Å²) < 4.78 is 1.15. The molecule has 0 saturated heterocycles. The number of allylic oxidation sites excluding steroid dienone is 3. The van der Waals surface area contributed by atoms with Gasteiger partial charge in [-0.3, -0.25) is 0 Å².